The lowest BCUT2D eigenvalue weighted by atomic mass is 10.0. The first-order valence-electron chi connectivity index (χ1n) is 2.18. The second-order valence-corrected chi connectivity index (χ2v) is 1.58. The van der Waals surface area contributed by atoms with E-state index in [1.54, 1.807) is 6.26 Å². The molecule has 0 unspecified atom stereocenters. The van der Waals surface area contributed by atoms with E-state index in [1.807, 2.05) is 14.8 Å². The summed E-state index contributed by atoms with van der Waals surface area (Å²) in [6.45, 7) is 1.96. The highest BCUT2D eigenvalue weighted by Gasteiger charge is 1.90. The monoisotopic (exact) mass is 95.1 g/mol. The van der Waals surface area contributed by atoms with Crippen LogP contribution in [0.5, 0.6) is 0 Å². The highest BCUT2D eigenvalue weighted by Crippen LogP contribution is 1.84. The van der Waals surface area contributed by atoms with E-state index in [0.717, 1.165) is 11.2 Å². The van der Waals surface area contributed by atoms with Gasteiger partial charge in [-0.1, -0.05) is 5.16 Å². The van der Waals surface area contributed by atoms with E-state index in [0.29, 0.717) is 0 Å². The third-order valence-corrected chi connectivity index (χ3v) is 0.990. The molecule has 0 atom stereocenters. The van der Waals surface area contributed by atoms with Crippen molar-refractivity contribution in [3.8, 4) is 0 Å². The van der Waals surface area contributed by atoms with Crippen LogP contribution in [0.2, 0.25) is 0 Å². The van der Waals surface area contributed by atoms with E-state index in [-0.39, 0.29) is 0 Å². The average molecular weight is 94.9 g/mol. The lowest BCUT2D eigenvalue weighted by Crippen LogP contribution is -2.04. The van der Waals surface area contributed by atoms with E-state index in [9.17, 15) is 0 Å². The Morgan fingerprint density at radius 3 is 2.71 bits per heavy atom. The average Bonchev–Trinajstić information content (AvgIpc) is 1.91. The van der Waals surface area contributed by atoms with Crippen LogP contribution in [0, 0.1) is 6.92 Å². The number of hydrogen-bond acceptors (Lipinski definition) is 2. The van der Waals surface area contributed by atoms with Crippen LogP contribution in [0.15, 0.2) is 10.8 Å². The maximum absolute atomic E-state index is 4.59. The molecular formula is C4H6BNO. The third kappa shape index (κ3) is 0.658. The minimum Gasteiger partial charge on any atom is -0.365 e. The minimum absolute atomic E-state index is 0.972. The Bertz CT molecular complexity index is 144. The second kappa shape index (κ2) is 1.41. The summed E-state index contributed by atoms with van der Waals surface area (Å²) in [6, 6.07) is 0. The number of aromatic nitrogens is 1. The Morgan fingerprint density at radius 2 is 2.57 bits per heavy atom. The van der Waals surface area contributed by atoms with Crippen molar-refractivity contribution >= 4 is 13.4 Å². The van der Waals surface area contributed by atoms with E-state index in [1.165, 1.54) is 0 Å². The van der Waals surface area contributed by atoms with E-state index in [2.05, 4.69) is 9.68 Å². The summed E-state index contributed by atoms with van der Waals surface area (Å²) < 4.78 is 4.59. The summed E-state index contributed by atoms with van der Waals surface area (Å²) in [5.74, 6) is 0. The van der Waals surface area contributed by atoms with Crippen LogP contribution in [0.3, 0.4) is 0 Å². The van der Waals surface area contributed by atoms with Gasteiger partial charge in [-0.3, -0.25) is 0 Å². The fourth-order valence-electron chi connectivity index (χ4n) is 0.342. The van der Waals surface area contributed by atoms with Gasteiger partial charge in [-0.15, -0.1) is 0 Å². The predicted octanol–water partition coefficient (Wildman–Crippen LogP) is -0.759. The molecular weight excluding hydrogens is 88.9 g/mol. The van der Waals surface area contributed by atoms with Crippen molar-refractivity contribution in [1.82, 2.24) is 5.16 Å². The molecule has 0 saturated heterocycles. The van der Waals surface area contributed by atoms with Crippen molar-refractivity contribution in [1.29, 1.82) is 0 Å². The lowest BCUT2D eigenvalue weighted by molar-refractivity contribution is 0.424. The van der Waals surface area contributed by atoms with Gasteiger partial charge in [-0.25, -0.2) is 0 Å². The second-order valence-electron chi connectivity index (χ2n) is 1.58. The van der Waals surface area contributed by atoms with Gasteiger partial charge in [-0.2, -0.15) is 0 Å². The number of hydrogen-bond donors (Lipinski definition) is 0. The molecule has 0 aliphatic heterocycles. The number of rotatable bonds is 0. The molecule has 0 saturated carbocycles. The quantitative estimate of drug-likeness (QED) is 0.396. The van der Waals surface area contributed by atoms with Crippen LogP contribution < -0.4 is 5.59 Å². The summed E-state index contributed by atoms with van der Waals surface area (Å²) >= 11 is 0. The Kier molecular flexibility index (Phi) is 0.892. The number of nitrogens with zero attached hydrogens (tertiary/aromatic N) is 1. The molecule has 0 aliphatic rings. The number of aryl methyl sites for hydroxylation is 1. The summed E-state index contributed by atoms with van der Waals surface area (Å²) in [5, 5.41) is 3.64. The third-order valence-electron chi connectivity index (χ3n) is 0.990. The maximum atomic E-state index is 4.59. The highest BCUT2D eigenvalue weighted by atomic mass is 16.5. The van der Waals surface area contributed by atoms with Crippen LogP contribution >= 0.6 is 0 Å². The molecule has 36 valence electrons. The molecule has 1 aromatic rings. The van der Waals surface area contributed by atoms with Crippen LogP contribution in [-0.4, -0.2) is 13.0 Å². The van der Waals surface area contributed by atoms with Crippen LogP contribution in [0.4, 0.5) is 0 Å². The largest absolute Gasteiger partial charge is 0.365 e. The molecule has 2 nitrogen and oxygen atoms in total. The molecule has 0 aliphatic carbocycles. The van der Waals surface area contributed by atoms with Crippen molar-refractivity contribution in [2.24, 2.45) is 0 Å². The Hall–Kier alpha value is -0.725. The lowest BCUT2D eigenvalue weighted by Gasteiger charge is -1.74. The minimum atomic E-state index is 0.972. The first-order chi connectivity index (χ1) is 3.30. The summed E-state index contributed by atoms with van der Waals surface area (Å²) in [4.78, 5) is 0. The molecule has 3 heteroatoms. The topological polar surface area (TPSA) is 26.0 Å². The standard InChI is InChI=1S/C4H6BNO/c1-3-2-7-6-4(3)5/h2H,5H2,1H3. The normalized spacial score (nSPS) is 9.29. The molecule has 1 rings (SSSR count). The Morgan fingerprint density at radius 1 is 1.86 bits per heavy atom. The van der Waals surface area contributed by atoms with Crippen LogP contribution in [0.1, 0.15) is 5.56 Å². The predicted molar refractivity (Wildman–Crippen MR) is 29.4 cm³/mol. The zero-order valence-electron chi connectivity index (χ0n) is 4.43. The first kappa shape index (κ1) is 4.43. The zero-order chi connectivity index (χ0) is 5.28. The molecule has 0 bridgehead atoms. The van der Waals surface area contributed by atoms with Gasteiger partial charge in [0.25, 0.3) is 0 Å². The molecule has 0 aromatic carbocycles. The molecule has 1 aromatic heterocycles. The van der Waals surface area contributed by atoms with Gasteiger partial charge in [0.05, 0.1) is 0 Å². The van der Waals surface area contributed by atoms with Gasteiger partial charge in [0.15, 0.2) is 7.85 Å². The summed E-state index contributed by atoms with van der Waals surface area (Å²) in [7, 11) is 1.92. The molecule has 1 heterocycles. The van der Waals surface area contributed by atoms with Crippen molar-refractivity contribution in [3.05, 3.63) is 11.8 Å². The summed E-state index contributed by atoms with van der Waals surface area (Å²) in [6.07, 6.45) is 1.63. The van der Waals surface area contributed by atoms with E-state index < -0.39 is 0 Å². The molecule has 0 fully saturated rings. The molecule has 0 spiro atoms. The van der Waals surface area contributed by atoms with Gasteiger partial charge in [0.2, 0.25) is 0 Å². The van der Waals surface area contributed by atoms with E-state index in [4.69, 9.17) is 0 Å². The van der Waals surface area contributed by atoms with Crippen molar-refractivity contribution < 1.29 is 4.52 Å². The molecule has 7 heavy (non-hydrogen) atoms. The van der Waals surface area contributed by atoms with Gasteiger partial charge in [-0.05, 0) is 6.92 Å². The van der Waals surface area contributed by atoms with E-state index >= 15 is 0 Å². The van der Waals surface area contributed by atoms with Gasteiger partial charge < -0.3 is 4.52 Å². The van der Waals surface area contributed by atoms with Crippen molar-refractivity contribution in [2.45, 2.75) is 6.92 Å². The maximum Gasteiger partial charge on any atom is 0.168 e. The zero-order valence-corrected chi connectivity index (χ0v) is 4.43. The molecule has 0 amide bonds. The Balaban J connectivity index is 3.12. The van der Waals surface area contributed by atoms with Crippen LogP contribution in [-0.2, 0) is 0 Å². The summed E-state index contributed by atoms with van der Waals surface area (Å²) in [5.41, 5.74) is 2.08. The fourth-order valence-corrected chi connectivity index (χ4v) is 0.342. The highest BCUT2D eigenvalue weighted by molar-refractivity contribution is 6.31. The SMILES string of the molecule is Bc1nocc1C. The van der Waals surface area contributed by atoms with Crippen LogP contribution in [0.25, 0.3) is 0 Å². The van der Waals surface area contributed by atoms with Gasteiger partial charge >= 0.3 is 0 Å². The molecule has 0 N–H and O–H groups in total. The van der Waals surface area contributed by atoms with Gasteiger partial charge in [0, 0.05) is 11.2 Å². The smallest absolute Gasteiger partial charge is 0.168 e. The Labute approximate surface area is 42.9 Å². The first-order valence-corrected chi connectivity index (χ1v) is 2.18. The van der Waals surface area contributed by atoms with Crippen molar-refractivity contribution in [3.63, 3.8) is 0 Å². The van der Waals surface area contributed by atoms with Crippen molar-refractivity contribution in [2.75, 3.05) is 0 Å². The molecule has 0 radical (unpaired) electrons. The van der Waals surface area contributed by atoms with Gasteiger partial charge in [0.1, 0.15) is 6.26 Å². The fraction of sp³-hybridized carbons (Fsp3) is 0.250.